The molecule has 0 aliphatic carbocycles. The maximum atomic E-state index is 13.7. The Balaban J connectivity index is 1.78. The Hall–Kier alpha value is -2.80. The van der Waals surface area contributed by atoms with Gasteiger partial charge in [0, 0.05) is 32.0 Å². The van der Waals surface area contributed by atoms with Crippen molar-refractivity contribution < 1.29 is 27.4 Å². The molecule has 3 aromatic rings. The standard InChI is InChI=1S/C24H30ClN5O6S/c1-15(22(35-4)23-26-11-17(25)12-27-23)37(31,32)14-20-28-29-24(16-7-6-10-36-13-16)30(20)21-18(33-2)8-5-9-19(21)34-3/h5,8-9,11-12,15-16,22H,6-7,10,13-14H2,1-4H3/t15-,16+,22-/m0/s1. The van der Waals surface area contributed by atoms with Crippen molar-refractivity contribution in [2.45, 2.75) is 42.8 Å². The molecule has 1 aliphatic rings. The lowest BCUT2D eigenvalue weighted by atomic mass is 10.0. The first-order valence-corrected chi connectivity index (χ1v) is 13.8. The first kappa shape index (κ1) is 27.2. The minimum Gasteiger partial charge on any atom is -0.494 e. The van der Waals surface area contributed by atoms with Gasteiger partial charge in [0.1, 0.15) is 34.9 Å². The molecular formula is C24H30ClN5O6S. The zero-order chi connectivity index (χ0) is 26.6. The Morgan fingerprint density at radius 3 is 2.38 bits per heavy atom. The normalized spacial score (nSPS) is 17.8. The molecule has 4 rings (SSSR count). The van der Waals surface area contributed by atoms with Gasteiger partial charge in [0.05, 0.1) is 31.1 Å². The van der Waals surface area contributed by atoms with Gasteiger partial charge in [-0.1, -0.05) is 17.7 Å². The van der Waals surface area contributed by atoms with Crippen molar-refractivity contribution in [3.8, 4) is 17.2 Å². The Morgan fingerprint density at radius 2 is 1.81 bits per heavy atom. The molecule has 1 aliphatic heterocycles. The van der Waals surface area contributed by atoms with Crippen LogP contribution >= 0.6 is 11.6 Å². The summed E-state index contributed by atoms with van der Waals surface area (Å²) < 4.78 is 51.5. The molecule has 1 aromatic carbocycles. The van der Waals surface area contributed by atoms with Crippen molar-refractivity contribution in [2.24, 2.45) is 0 Å². The number of benzene rings is 1. The molecule has 0 radical (unpaired) electrons. The monoisotopic (exact) mass is 551 g/mol. The fraction of sp³-hybridized carbons (Fsp3) is 0.500. The molecular weight excluding hydrogens is 522 g/mol. The van der Waals surface area contributed by atoms with Crippen LogP contribution in [0.5, 0.6) is 11.5 Å². The molecule has 3 atom stereocenters. The SMILES string of the molecule is COc1cccc(OC)c1-n1c(CS(=O)(=O)[C@@H](C)[C@H](OC)c2ncc(Cl)cn2)nnc1[C@@H]1CCCOC1. The molecule has 11 nitrogen and oxygen atoms in total. The van der Waals surface area contributed by atoms with Gasteiger partial charge in [0.2, 0.25) is 0 Å². The third-order valence-corrected chi connectivity index (χ3v) is 8.61. The highest BCUT2D eigenvalue weighted by Gasteiger charge is 2.36. The number of halogens is 1. The van der Waals surface area contributed by atoms with Crippen molar-refractivity contribution in [3.05, 3.63) is 53.1 Å². The number of ether oxygens (including phenoxy) is 4. The largest absolute Gasteiger partial charge is 0.494 e. The van der Waals surface area contributed by atoms with E-state index in [1.165, 1.54) is 19.5 Å². The van der Waals surface area contributed by atoms with Crippen molar-refractivity contribution in [1.29, 1.82) is 0 Å². The Bertz CT molecular complexity index is 1290. The third kappa shape index (κ3) is 5.71. The fourth-order valence-corrected chi connectivity index (χ4v) is 5.92. The van der Waals surface area contributed by atoms with E-state index >= 15 is 0 Å². The van der Waals surface area contributed by atoms with Gasteiger partial charge in [-0.3, -0.25) is 4.57 Å². The van der Waals surface area contributed by atoms with Crippen LogP contribution in [-0.2, 0) is 25.1 Å². The van der Waals surface area contributed by atoms with Crippen LogP contribution in [0.4, 0.5) is 0 Å². The van der Waals surface area contributed by atoms with Gasteiger partial charge in [0.15, 0.2) is 21.5 Å². The van der Waals surface area contributed by atoms with Crippen molar-refractivity contribution in [1.82, 2.24) is 24.7 Å². The summed E-state index contributed by atoms with van der Waals surface area (Å²) in [4.78, 5) is 8.31. The fourth-order valence-electron chi connectivity index (χ4n) is 4.40. The van der Waals surface area contributed by atoms with Crippen LogP contribution in [0.25, 0.3) is 5.69 Å². The van der Waals surface area contributed by atoms with Crippen molar-refractivity contribution in [2.75, 3.05) is 34.5 Å². The number of rotatable bonds is 10. The lowest BCUT2D eigenvalue weighted by Crippen LogP contribution is -2.30. The minimum absolute atomic E-state index is 0.0704. The molecule has 2 aromatic heterocycles. The number of hydrogen-bond donors (Lipinski definition) is 0. The second-order valence-electron chi connectivity index (χ2n) is 8.66. The number of methoxy groups -OCH3 is 3. The highest BCUT2D eigenvalue weighted by atomic mass is 35.5. The molecule has 1 saturated heterocycles. The van der Waals surface area contributed by atoms with E-state index in [1.807, 2.05) is 0 Å². The lowest BCUT2D eigenvalue weighted by Gasteiger charge is -2.24. The van der Waals surface area contributed by atoms with Crippen LogP contribution in [0, 0.1) is 0 Å². The van der Waals surface area contributed by atoms with Gasteiger partial charge in [-0.25, -0.2) is 18.4 Å². The first-order valence-electron chi connectivity index (χ1n) is 11.8. The van der Waals surface area contributed by atoms with Crippen LogP contribution in [0.15, 0.2) is 30.6 Å². The van der Waals surface area contributed by atoms with Gasteiger partial charge in [-0.05, 0) is 31.9 Å². The Kier molecular flexibility index (Phi) is 8.63. The molecule has 37 heavy (non-hydrogen) atoms. The van der Waals surface area contributed by atoms with E-state index in [1.54, 1.807) is 43.9 Å². The minimum atomic E-state index is -3.84. The smallest absolute Gasteiger partial charge is 0.163 e. The molecule has 0 amide bonds. The third-order valence-electron chi connectivity index (χ3n) is 6.38. The zero-order valence-electron chi connectivity index (χ0n) is 21.1. The number of sulfone groups is 1. The summed E-state index contributed by atoms with van der Waals surface area (Å²) in [7, 11) is 0.654. The van der Waals surface area contributed by atoms with Gasteiger partial charge >= 0.3 is 0 Å². The van der Waals surface area contributed by atoms with Crippen LogP contribution < -0.4 is 9.47 Å². The van der Waals surface area contributed by atoms with Crippen LogP contribution in [-0.4, -0.2) is 72.9 Å². The van der Waals surface area contributed by atoms with Gasteiger partial charge in [-0.2, -0.15) is 0 Å². The Labute approximate surface area is 221 Å². The molecule has 1 fully saturated rings. The highest BCUT2D eigenvalue weighted by Crippen LogP contribution is 2.37. The van der Waals surface area contributed by atoms with Crippen LogP contribution in [0.1, 0.15) is 49.3 Å². The van der Waals surface area contributed by atoms with Crippen LogP contribution in [0.3, 0.4) is 0 Å². The molecule has 3 heterocycles. The highest BCUT2D eigenvalue weighted by molar-refractivity contribution is 7.91. The zero-order valence-corrected chi connectivity index (χ0v) is 22.7. The molecule has 0 spiro atoms. The van der Waals surface area contributed by atoms with Crippen molar-refractivity contribution >= 4 is 21.4 Å². The summed E-state index contributed by atoms with van der Waals surface area (Å²) in [5.74, 6) is 1.53. The average Bonchev–Trinajstić information content (AvgIpc) is 3.32. The molecule has 200 valence electrons. The summed E-state index contributed by atoms with van der Waals surface area (Å²) in [5.41, 5.74) is 0.528. The molecule has 13 heteroatoms. The molecule has 0 saturated carbocycles. The first-order chi connectivity index (χ1) is 17.8. The predicted octanol–water partition coefficient (Wildman–Crippen LogP) is 3.31. The maximum absolute atomic E-state index is 13.7. The van der Waals surface area contributed by atoms with E-state index < -0.39 is 26.9 Å². The second kappa shape index (κ2) is 11.7. The number of aromatic nitrogens is 5. The second-order valence-corrected chi connectivity index (χ2v) is 11.5. The summed E-state index contributed by atoms with van der Waals surface area (Å²) in [6.07, 6.45) is 3.59. The van der Waals surface area contributed by atoms with E-state index in [0.717, 1.165) is 12.8 Å². The molecule has 0 bridgehead atoms. The lowest BCUT2D eigenvalue weighted by molar-refractivity contribution is 0.0775. The Morgan fingerprint density at radius 1 is 1.14 bits per heavy atom. The van der Waals surface area contributed by atoms with Crippen LogP contribution in [0.2, 0.25) is 5.02 Å². The van der Waals surface area contributed by atoms with E-state index in [0.29, 0.717) is 41.2 Å². The summed E-state index contributed by atoms with van der Waals surface area (Å²) >= 11 is 5.90. The van der Waals surface area contributed by atoms with Gasteiger partial charge < -0.3 is 18.9 Å². The topological polar surface area (TPSA) is 128 Å². The van der Waals surface area contributed by atoms with E-state index in [2.05, 4.69) is 20.2 Å². The quantitative estimate of drug-likeness (QED) is 0.370. The number of hydrogen-bond acceptors (Lipinski definition) is 10. The number of para-hydroxylation sites is 1. The average molecular weight is 552 g/mol. The van der Waals surface area contributed by atoms with Gasteiger partial charge in [-0.15, -0.1) is 10.2 Å². The number of nitrogens with zero attached hydrogens (tertiary/aromatic N) is 5. The summed E-state index contributed by atoms with van der Waals surface area (Å²) in [6, 6.07) is 5.35. The maximum Gasteiger partial charge on any atom is 0.163 e. The summed E-state index contributed by atoms with van der Waals surface area (Å²) in [5, 5.41) is 8.11. The van der Waals surface area contributed by atoms with E-state index in [9.17, 15) is 8.42 Å². The molecule has 0 N–H and O–H groups in total. The van der Waals surface area contributed by atoms with Gasteiger partial charge in [0.25, 0.3) is 0 Å². The van der Waals surface area contributed by atoms with E-state index in [4.69, 9.17) is 30.5 Å². The molecule has 0 unspecified atom stereocenters. The summed E-state index contributed by atoms with van der Waals surface area (Å²) in [6.45, 7) is 2.69. The van der Waals surface area contributed by atoms with Crippen molar-refractivity contribution in [3.63, 3.8) is 0 Å². The van der Waals surface area contributed by atoms with E-state index in [-0.39, 0.29) is 17.6 Å². The predicted molar refractivity (Wildman–Crippen MR) is 136 cm³/mol.